The second-order valence-corrected chi connectivity index (χ2v) is 5.19. The third kappa shape index (κ3) is 3.78. The molecular formula is C15H22N2O4. The number of hydrogen-bond acceptors (Lipinski definition) is 5. The number of benzene rings is 1. The van der Waals surface area contributed by atoms with Gasteiger partial charge in [-0.25, -0.2) is 0 Å². The fraction of sp³-hybridized carbons (Fsp3) is 0.533. The van der Waals surface area contributed by atoms with Crippen molar-refractivity contribution >= 4 is 5.91 Å². The van der Waals surface area contributed by atoms with E-state index in [1.807, 2.05) is 26.0 Å². The Bertz CT molecular complexity index is 506. The van der Waals surface area contributed by atoms with E-state index in [0.29, 0.717) is 25.3 Å². The van der Waals surface area contributed by atoms with Gasteiger partial charge in [-0.1, -0.05) is 6.92 Å². The summed E-state index contributed by atoms with van der Waals surface area (Å²) in [5.41, 5.74) is 4.75. The molecule has 2 rings (SSSR count). The fourth-order valence-electron chi connectivity index (χ4n) is 2.27. The average Bonchev–Trinajstić information content (AvgIpc) is 2.91. The Morgan fingerprint density at radius 2 is 2.19 bits per heavy atom. The molecule has 0 fully saturated rings. The summed E-state index contributed by atoms with van der Waals surface area (Å²) in [6, 6.07) is 5.47. The Kier molecular flexibility index (Phi) is 4.90. The van der Waals surface area contributed by atoms with Gasteiger partial charge >= 0.3 is 0 Å². The van der Waals surface area contributed by atoms with Gasteiger partial charge in [0.25, 0.3) is 0 Å². The first-order valence-electron chi connectivity index (χ1n) is 7.12. The van der Waals surface area contributed by atoms with E-state index >= 15 is 0 Å². The standard InChI is InChI=1S/C15H22N2O4/c1-3-17-15(2,14(16)18)7-4-8-19-11-5-6-12-13(9-11)21-10-20-12/h5-6,9,17H,3-4,7-8,10H2,1-2H3,(H2,16,18). The van der Waals surface area contributed by atoms with E-state index in [1.54, 1.807) is 6.07 Å². The predicted molar refractivity (Wildman–Crippen MR) is 78.6 cm³/mol. The summed E-state index contributed by atoms with van der Waals surface area (Å²) >= 11 is 0. The minimum absolute atomic E-state index is 0.248. The lowest BCUT2D eigenvalue weighted by Crippen LogP contribution is -2.53. The number of hydrogen-bond donors (Lipinski definition) is 2. The largest absolute Gasteiger partial charge is 0.493 e. The molecule has 3 N–H and O–H groups in total. The second kappa shape index (κ2) is 6.67. The lowest BCUT2D eigenvalue weighted by atomic mass is 9.95. The summed E-state index contributed by atoms with van der Waals surface area (Å²) in [5, 5.41) is 3.12. The molecule has 0 saturated carbocycles. The molecule has 1 aromatic rings. The Labute approximate surface area is 124 Å². The number of nitrogens with one attached hydrogen (secondary N) is 1. The minimum atomic E-state index is -0.688. The van der Waals surface area contributed by atoms with Crippen LogP contribution in [0.2, 0.25) is 0 Å². The first kappa shape index (κ1) is 15.4. The molecule has 1 amide bonds. The molecule has 1 heterocycles. The number of carbonyl (C=O) groups is 1. The monoisotopic (exact) mass is 294 g/mol. The summed E-state index contributed by atoms with van der Waals surface area (Å²) in [6.45, 7) is 5.22. The van der Waals surface area contributed by atoms with Gasteiger partial charge in [0.2, 0.25) is 12.7 Å². The molecule has 116 valence electrons. The number of carbonyl (C=O) groups excluding carboxylic acids is 1. The quantitative estimate of drug-likeness (QED) is 0.709. The van der Waals surface area contributed by atoms with Crippen molar-refractivity contribution in [1.29, 1.82) is 0 Å². The Hall–Kier alpha value is -1.95. The molecule has 6 nitrogen and oxygen atoms in total. The molecule has 1 unspecified atom stereocenters. The van der Waals surface area contributed by atoms with E-state index in [9.17, 15) is 4.79 Å². The first-order chi connectivity index (χ1) is 10.0. The molecule has 0 radical (unpaired) electrons. The van der Waals surface area contributed by atoms with E-state index in [1.165, 1.54) is 0 Å². The van der Waals surface area contributed by atoms with Gasteiger partial charge < -0.3 is 25.3 Å². The van der Waals surface area contributed by atoms with Crippen molar-refractivity contribution in [1.82, 2.24) is 5.32 Å². The molecule has 6 heteroatoms. The zero-order valence-electron chi connectivity index (χ0n) is 12.5. The van der Waals surface area contributed by atoms with Crippen molar-refractivity contribution in [2.45, 2.75) is 32.2 Å². The van der Waals surface area contributed by atoms with Crippen molar-refractivity contribution in [3.05, 3.63) is 18.2 Å². The topological polar surface area (TPSA) is 82.8 Å². The second-order valence-electron chi connectivity index (χ2n) is 5.19. The summed E-state index contributed by atoms with van der Waals surface area (Å²) < 4.78 is 16.2. The summed E-state index contributed by atoms with van der Waals surface area (Å²) in [7, 11) is 0. The van der Waals surface area contributed by atoms with Crippen LogP contribution in [0.4, 0.5) is 0 Å². The van der Waals surface area contributed by atoms with Gasteiger partial charge in [-0.2, -0.15) is 0 Å². The van der Waals surface area contributed by atoms with Gasteiger partial charge in [-0.05, 0) is 38.4 Å². The van der Waals surface area contributed by atoms with Crippen LogP contribution in [-0.4, -0.2) is 31.4 Å². The Morgan fingerprint density at radius 1 is 1.43 bits per heavy atom. The maximum absolute atomic E-state index is 11.5. The van der Waals surface area contributed by atoms with Crippen LogP contribution < -0.4 is 25.3 Å². The number of ether oxygens (including phenoxy) is 3. The molecule has 0 aromatic heterocycles. The highest BCUT2D eigenvalue weighted by atomic mass is 16.7. The number of nitrogens with two attached hydrogens (primary N) is 1. The molecule has 0 spiro atoms. The van der Waals surface area contributed by atoms with E-state index in [0.717, 1.165) is 17.9 Å². The molecule has 21 heavy (non-hydrogen) atoms. The summed E-state index contributed by atoms with van der Waals surface area (Å²) in [4.78, 5) is 11.5. The lowest BCUT2D eigenvalue weighted by molar-refractivity contribution is -0.124. The van der Waals surface area contributed by atoms with E-state index in [2.05, 4.69) is 5.32 Å². The molecule has 1 aliphatic heterocycles. The Balaban J connectivity index is 1.80. The maximum Gasteiger partial charge on any atom is 0.237 e. The number of rotatable bonds is 8. The van der Waals surface area contributed by atoms with Crippen LogP contribution in [0.25, 0.3) is 0 Å². The molecule has 1 aromatic carbocycles. The fourth-order valence-corrected chi connectivity index (χ4v) is 2.27. The van der Waals surface area contributed by atoms with Crippen molar-refractivity contribution in [3.8, 4) is 17.2 Å². The van der Waals surface area contributed by atoms with Gasteiger partial charge in [-0.15, -0.1) is 0 Å². The van der Waals surface area contributed by atoms with Gasteiger partial charge in [0.05, 0.1) is 12.1 Å². The maximum atomic E-state index is 11.5. The van der Waals surface area contributed by atoms with Crippen molar-refractivity contribution in [2.75, 3.05) is 19.9 Å². The van der Waals surface area contributed by atoms with Crippen LogP contribution in [0.1, 0.15) is 26.7 Å². The molecule has 0 bridgehead atoms. The van der Waals surface area contributed by atoms with E-state index < -0.39 is 5.54 Å². The third-order valence-corrected chi connectivity index (χ3v) is 3.54. The van der Waals surface area contributed by atoms with Crippen LogP contribution in [0.5, 0.6) is 17.2 Å². The Morgan fingerprint density at radius 3 is 2.90 bits per heavy atom. The number of fused-ring (bicyclic) bond motifs is 1. The molecule has 0 aliphatic carbocycles. The lowest BCUT2D eigenvalue weighted by Gasteiger charge is -2.26. The normalized spacial score (nSPS) is 15.5. The summed E-state index contributed by atoms with van der Waals surface area (Å²) in [5.74, 6) is 1.81. The van der Waals surface area contributed by atoms with Gasteiger partial charge in [-0.3, -0.25) is 4.79 Å². The average molecular weight is 294 g/mol. The zero-order chi connectivity index (χ0) is 15.3. The third-order valence-electron chi connectivity index (χ3n) is 3.54. The van der Waals surface area contributed by atoms with Crippen LogP contribution in [0.3, 0.4) is 0 Å². The predicted octanol–water partition coefficient (Wildman–Crippen LogP) is 1.43. The van der Waals surface area contributed by atoms with Crippen LogP contribution >= 0.6 is 0 Å². The first-order valence-corrected chi connectivity index (χ1v) is 7.12. The molecule has 1 aliphatic rings. The number of primary amides is 1. The number of likely N-dealkylation sites (N-methyl/N-ethyl adjacent to an activating group) is 1. The smallest absolute Gasteiger partial charge is 0.237 e. The van der Waals surface area contributed by atoms with E-state index in [-0.39, 0.29) is 12.7 Å². The zero-order valence-corrected chi connectivity index (χ0v) is 12.5. The van der Waals surface area contributed by atoms with Crippen molar-refractivity contribution < 1.29 is 19.0 Å². The highest BCUT2D eigenvalue weighted by Gasteiger charge is 2.29. The van der Waals surface area contributed by atoms with Crippen molar-refractivity contribution in [2.24, 2.45) is 5.73 Å². The van der Waals surface area contributed by atoms with Crippen LogP contribution in [-0.2, 0) is 4.79 Å². The number of amides is 1. The van der Waals surface area contributed by atoms with Gasteiger partial charge in [0.15, 0.2) is 11.5 Å². The van der Waals surface area contributed by atoms with Gasteiger partial charge in [0, 0.05) is 6.07 Å². The molecular weight excluding hydrogens is 272 g/mol. The highest BCUT2D eigenvalue weighted by Crippen LogP contribution is 2.35. The van der Waals surface area contributed by atoms with Crippen LogP contribution in [0, 0.1) is 0 Å². The van der Waals surface area contributed by atoms with Crippen molar-refractivity contribution in [3.63, 3.8) is 0 Å². The minimum Gasteiger partial charge on any atom is -0.493 e. The van der Waals surface area contributed by atoms with E-state index in [4.69, 9.17) is 19.9 Å². The summed E-state index contributed by atoms with van der Waals surface area (Å²) in [6.07, 6.45) is 1.35. The molecule has 0 saturated heterocycles. The SMILES string of the molecule is CCNC(C)(CCCOc1ccc2c(c1)OCO2)C(N)=O. The van der Waals surface area contributed by atoms with Gasteiger partial charge in [0.1, 0.15) is 5.75 Å². The highest BCUT2D eigenvalue weighted by molar-refractivity contribution is 5.84. The van der Waals surface area contributed by atoms with Crippen LogP contribution in [0.15, 0.2) is 18.2 Å². The molecule has 1 atom stereocenters.